The van der Waals surface area contributed by atoms with Gasteiger partial charge < -0.3 is 4.90 Å². The third-order valence-electron chi connectivity index (χ3n) is 5.84. The molecule has 5 aromatic rings. The van der Waals surface area contributed by atoms with Gasteiger partial charge in [0.05, 0.1) is 39.8 Å². The summed E-state index contributed by atoms with van der Waals surface area (Å²) in [6.07, 6.45) is 1.74. The molecule has 8 heteroatoms. The SMILES string of the molecule is Cc1ccc(-c2cc(C(=O)N(C)Cc3nc(C)c4ccccc4n3)c3cnn(C(C)C)c3n2)s1. The molecule has 1 aromatic carbocycles. The van der Waals surface area contributed by atoms with Crippen LogP contribution in [0.25, 0.3) is 32.5 Å². The highest BCUT2D eigenvalue weighted by Crippen LogP contribution is 2.31. The molecule has 7 nitrogen and oxygen atoms in total. The number of thiophene rings is 1. The van der Waals surface area contributed by atoms with Crippen LogP contribution in [0.5, 0.6) is 0 Å². The quantitative estimate of drug-likeness (QED) is 0.335. The summed E-state index contributed by atoms with van der Waals surface area (Å²) < 4.78 is 1.87. The molecule has 0 atom stereocenters. The van der Waals surface area contributed by atoms with Gasteiger partial charge in [0.2, 0.25) is 0 Å². The fourth-order valence-electron chi connectivity index (χ4n) is 4.13. The zero-order chi connectivity index (χ0) is 24.0. The van der Waals surface area contributed by atoms with Crippen LogP contribution in [0.4, 0.5) is 0 Å². The van der Waals surface area contributed by atoms with Gasteiger partial charge >= 0.3 is 0 Å². The average Bonchev–Trinajstić information content (AvgIpc) is 3.44. The number of hydrogen-bond donors (Lipinski definition) is 0. The summed E-state index contributed by atoms with van der Waals surface area (Å²) in [7, 11) is 1.78. The summed E-state index contributed by atoms with van der Waals surface area (Å²) in [6.45, 7) is 8.46. The molecule has 0 aliphatic carbocycles. The first-order valence-corrected chi connectivity index (χ1v) is 12.1. The fraction of sp³-hybridized carbons (Fsp3) is 0.269. The van der Waals surface area contributed by atoms with E-state index < -0.39 is 0 Å². The topological polar surface area (TPSA) is 76.8 Å². The van der Waals surface area contributed by atoms with Crippen molar-refractivity contribution in [1.82, 2.24) is 29.6 Å². The van der Waals surface area contributed by atoms with E-state index in [9.17, 15) is 4.79 Å². The van der Waals surface area contributed by atoms with Gasteiger partial charge in [-0.3, -0.25) is 4.79 Å². The second-order valence-corrected chi connectivity index (χ2v) is 10.1. The molecule has 4 aromatic heterocycles. The maximum atomic E-state index is 13.7. The van der Waals surface area contributed by atoms with Crippen LogP contribution >= 0.6 is 11.3 Å². The Labute approximate surface area is 202 Å². The molecule has 4 heterocycles. The second kappa shape index (κ2) is 8.61. The maximum Gasteiger partial charge on any atom is 0.254 e. The van der Waals surface area contributed by atoms with Crippen molar-refractivity contribution in [3.8, 4) is 10.6 Å². The molecule has 0 fully saturated rings. The minimum Gasteiger partial charge on any atom is -0.334 e. The van der Waals surface area contributed by atoms with Crippen molar-refractivity contribution in [2.75, 3.05) is 7.05 Å². The van der Waals surface area contributed by atoms with E-state index >= 15 is 0 Å². The Morgan fingerprint density at radius 3 is 2.59 bits per heavy atom. The molecule has 34 heavy (non-hydrogen) atoms. The van der Waals surface area contributed by atoms with E-state index in [0.717, 1.165) is 32.6 Å². The van der Waals surface area contributed by atoms with Crippen LogP contribution in [0.2, 0.25) is 0 Å². The molecular weight excluding hydrogens is 444 g/mol. The molecule has 0 aliphatic rings. The van der Waals surface area contributed by atoms with Crippen LogP contribution in [0.3, 0.4) is 0 Å². The Kier molecular flexibility index (Phi) is 5.61. The predicted octanol–water partition coefficient (Wildman–Crippen LogP) is 5.57. The molecule has 172 valence electrons. The molecule has 0 N–H and O–H groups in total. The number of carbonyl (C=O) groups is 1. The first kappa shape index (κ1) is 22.2. The minimum absolute atomic E-state index is 0.111. The van der Waals surface area contributed by atoms with Gasteiger partial charge in [0.15, 0.2) is 5.65 Å². The fourth-order valence-corrected chi connectivity index (χ4v) is 4.95. The third-order valence-corrected chi connectivity index (χ3v) is 6.87. The lowest BCUT2D eigenvalue weighted by atomic mass is 10.1. The Morgan fingerprint density at radius 2 is 1.85 bits per heavy atom. The molecule has 0 unspecified atom stereocenters. The number of benzene rings is 1. The average molecular weight is 471 g/mol. The molecule has 0 radical (unpaired) electrons. The van der Waals surface area contributed by atoms with Crippen molar-refractivity contribution in [3.63, 3.8) is 0 Å². The molecule has 0 saturated heterocycles. The highest BCUT2D eigenvalue weighted by Gasteiger charge is 2.22. The number of aromatic nitrogens is 5. The summed E-state index contributed by atoms with van der Waals surface area (Å²) in [5.41, 5.74) is 3.86. The van der Waals surface area contributed by atoms with Crippen LogP contribution in [-0.2, 0) is 6.54 Å². The lowest BCUT2D eigenvalue weighted by Gasteiger charge is -2.18. The number of aryl methyl sites for hydroxylation is 2. The number of hydrogen-bond acceptors (Lipinski definition) is 6. The van der Waals surface area contributed by atoms with Crippen molar-refractivity contribution < 1.29 is 4.79 Å². The van der Waals surface area contributed by atoms with Crippen molar-refractivity contribution in [2.45, 2.75) is 40.3 Å². The van der Waals surface area contributed by atoms with Gasteiger partial charge in [-0.15, -0.1) is 11.3 Å². The molecular formula is C26H26N6OS. The maximum absolute atomic E-state index is 13.7. The van der Waals surface area contributed by atoms with Gasteiger partial charge in [-0.2, -0.15) is 5.10 Å². The number of fused-ring (bicyclic) bond motifs is 2. The van der Waals surface area contributed by atoms with Crippen LogP contribution in [0, 0.1) is 13.8 Å². The monoisotopic (exact) mass is 470 g/mol. The summed E-state index contributed by atoms with van der Waals surface area (Å²) >= 11 is 1.66. The Morgan fingerprint density at radius 1 is 1.06 bits per heavy atom. The first-order chi connectivity index (χ1) is 16.3. The van der Waals surface area contributed by atoms with Gasteiger partial charge in [-0.1, -0.05) is 18.2 Å². The zero-order valence-corrected chi connectivity index (χ0v) is 20.7. The summed E-state index contributed by atoms with van der Waals surface area (Å²) in [6, 6.07) is 14.0. The number of nitrogens with zero attached hydrogens (tertiary/aromatic N) is 6. The minimum atomic E-state index is -0.111. The highest BCUT2D eigenvalue weighted by atomic mass is 32.1. The largest absolute Gasteiger partial charge is 0.334 e. The van der Waals surface area contributed by atoms with Gasteiger partial charge in [0.25, 0.3) is 5.91 Å². The summed E-state index contributed by atoms with van der Waals surface area (Å²) in [5, 5.41) is 6.30. The van der Waals surface area contributed by atoms with Crippen LogP contribution in [-0.4, -0.2) is 42.6 Å². The lowest BCUT2D eigenvalue weighted by Crippen LogP contribution is -2.27. The molecule has 1 amide bonds. The summed E-state index contributed by atoms with van der Waals surface area (Å²) in [4.78, 5) is 31.8. The van der Waals surface area contributed by atoms with Crippen LogP contribution in [0.15, 0.2) is 48.7 Å². The van der Waals surface area contributed by atoms with E-state index in [1.165, 1.54) is 4.88 Å². The number of pyridine rings is 1. The van der Waals surface area contributed by atoms with Crippen LogP contribution < -0.4 is 0 Å². The van der Waals surface area contributed by atoms with Crippen molar-refractivity contribution in [2.24, 2.45) is 0 Å². The van der Waals surface area contributed by atoms with Crippen molar-refractivity contribution >= 4 is 39.2 Å². The standard InChI is InChI=1S/C26H26N6OS/c1-15(2)32-25-20(13-27-32)19(12-22(30-25)23-11-10-16(3)34-23)26(33)31(5)14-24-28-17(4)18-8-6-7-9-21(18)29-24/h6-13,15H,14H2,1-5H3. The van der Waals surface area contributed by atoms with E-state index in [-0.39, 0.29) is 11.9 Å². The first-order valence-electron chi connectivity index (χ1n) is 11.2. The molecule has 0 saturated carbocycles. The third kappa shape index (κ3) is 3.94. The predicted molar refractivity (Wildman–Crippen MR) is 136 cm³/mol. The zero-order valence-electron chi connectivity index (χ0n) is 19.9. The highest BCUT2D eigenvalue weighted by molar-refractivity contribution is 7.15. The number of rotatable bonds is 5. The van der Waals surface area contributed by atoms with E-state index in [1.807, 2.05) is 48.0 Å². The number of para-hydroxylation sites is 1. The van der Waals surface area contributed by atoms with Gasteiger partial charge in [-0.05, 0) is 52.0 Å². The van der Waals surface area contributed by atoms with Crippen molar-refractivity contribution in [1.29, 1.82) is 0 Å². The van der Waals surface area contributed by atoms with E-state index in [4.69, 9.17) is 4.98 Å². The lowest BCUT2D eigenvalue weighted by molar-refractivity contribution is 0.0783. The van der Waals surface area contributed by atoms with E-state index in [0.29, 0.717) is 23.6 Å². The van der Waals surface area contributed by atoms with Crippen LogP contribution in [0.1, 0.15) is 46.6 Å². The Bertz CT molecular complexity index is 1530. The summed E-state index contributed by atoms with van der Waals surface area (Å²) in [5.74, 6) is 0.504. The smallest absolute Gasteiger partial charge is 0.254 e. The van der Waals surface area contributed by atoms with Gasteiger partial charge in [0.1, 0.15) is 5.82 Å². The van der Waals surface area contributed by atoms with Gasteiger partial charge in [0, 0.05) is 29.0 Å². The van der Waals surface area contributed by atoms with Gasteiger partial charge in [-0.25, -0.2) is 19.6 Å². The van der Waals surface area contributed by atoms with Crippen molar-refractivity contribution in [3.05, 3.63) is 70.6 Å². The van der Waals surface area contributed by atoms with E-state index in [1.54, 1.807) is 29.5 Å². The molecule has 0 bridgehead atoms. The molecule has 5 rings (SSSR count). The molecule has 0 aliphatic heterocycles. The van der Waals surface area contributed by atoms with E-state index in [2.05, 4.69) is 41.9 Å². The number of carbonyl (C=O) groups excluding carboxylic acids is 1. The second-order valence-electron chi connectivity index (χ2n) is 8.79. The number of amides is 1. The normalized spacial score (nSPS) is 11.6. The Balaban J connectivity index is 1.55. The molecule has 0 spiro atoms. The Hall–Kier alpha value is -3.65.